The van der Waals surface area contributed by atoms with Crippen LogP contribution in [0.1, 0.15) is 6.92 Å². The Kier molecular flexibility index (Phi) is 6.90. The van der Waals surface area contributed by atoms with E-state index in [0.29, 0.717) is 16.4 Å². The third kappa shape index (κ3) is 5.44. The van der Waals surface area contributed by atoms with Gasteiger partial charge in [0, 0.05) is 42.6 Å². The SMILES string of the molecule is CC(C(=O)Nc1ccc(N2CCN(C)CC2)cc1)N(c1cccc(Cl)c1)S(C)(=O)=O. The molecule has 1 fully saturated rings. The standard InChI is InChI=1S/C21H27ClN4O3S/c1-16(26(30(3,28)29)20-6-4-5-17(22)15-20)21(27)23-18-7-9-19(10-8-18)25-13-11-24(2)12-14-25/h4-10,15-16H,11-14H2,1-3H3,(H,23,27). The molecule has 0 aromatic heterocycles. The second-order valence-corrected chi connectivity index (χ2v) is 9.84. The fourth-order valence-electron chi connectivity index (χ4n) is 3.49. The Morgan fingerprint density at radius 2 is 1.73 bits per heavy atom. The van der Waals surface area contributed by atoms with Gasteiger partial charge in [0.2, 0.25) is 15.9 Å². The summed E-state index contributed by atoms with van der Waals surface area (Å²) in [6, 6.07) is 13.1. The first-order valence-corrected chi connectivity index (χ1v) is 12.0. The summed E-state index contributed by atoms with van der Waals surface area (Å²) < 4.78 is 25.8. The normalized spacial score (nSPS) is 16.2. The molecular weight excluding hydrogens is 424 g/mol. The Labute approximate surface area is 183 Å². The predicted molar refractivity (Wildman–Crippen MR) is 123 cm³/mol. The van der Waals surface area contributed by atoms with Crippen molar-refractivity contribution in [3.05, 3.63) is 53.6 Å². The number of piperazine rings is 1. The summed E-state index contributed by atoms with van der Waals surface area (Å²) in [7, 11) is -1.58. The van der Waals surface area contributed by atoms with Crippen molar-refractivity contribution in [1.29, 1.82) is 0 Å². The van der Waals surface area contributed by atoms with Crippen LogP contribution in [0.25, 0.3) is 0 Å². The molecule has 1 heterocycles. The number of carbonyl (C=O) groups excluding carboxylic acids is 1. The first-order valence-electron chi connectivity index (χ1n) is 9.74. The van der Waals surface area contributed by atoms with Gasteiger partial charge in [-0.3, -0.25) is 9.10 Å². The second-order valence-electron chi connectivity index (χ2n) is 7.54. The highest BCUT2D eigenvalue weighted by atomic mass is 35.5. The summed E-state index contributed by atoms with van der Waals surface area (Å²) in [6.07, 6.45) is 1.07. The maximum absolute atomic E-state index is 12.8. The third-order valence-corrected chi connectivity index (χ3v) is 6.63. The molecule has 2 aromatic rings. The maximum atomic E-state index is 12.8. The molecule has 1 atom stereocenters. The maximum Gasteiger partial charge on any atom is 0.247 e. The summed E-state index contributed by atoms with van der Waals surface area (Å²) in [5, 5.41) is 3.21. The number of benzene rings is 2. The molecule has 7 nitrogen and oxygen atoms in total. The highest BCUT2D eigenvalue weighted by Crippen LogP contribution is 2.25. The molecule has 3 rings (SSSR count). The molecule has 2 aromatic carbocycles. The molecule has 9 heteroatoms. The molecule has 1 saturated heterocycles. The Bertz CT molecular complexity index is 990. The largest absolute Gasteiger partial charge is 0.369 e. The average Bonchev–Trinajstić information content (AvgIpc) is 2.68. The van der Waals surface area contributed by atoms with Gasteiger partial charge in [0.25, 0.3) is 0 Å². The Morgan fingerprint density at radius 3 is 2.30 bits per heavy atom. The lowest BCUT2D eigenvalue weighted by Crippen LogP contribution is -2.45. The molecule has 1 amide bonds. The number of nitrogens with one attached hydrogen (secondary N) is 1. The summed E-state index contributed by atoms with van der Waals surface area (Å²) in [4.78, 5) is 17.4. The number of halogens is 1. The summed E-state index contributed by atoms with van der Waals surface area (Å²) in [6.45, 7) is 5.50. The summed E-state index contributed by atoms with van der Waals surface area (Å²) in [5.74, 6) is -0.423. The van der Waals surface area contributed by atoms with Crippen LogP contribution in [-0.4, -0.2) is 64.7 Å². The van der Waals surface area contributed by atoms with Crippen molar-refractivity contribution >= 4 is 44.6 Å². The van der Waals surface area contributed by atoms with Crippen LogP contribution in [0.15, 0.2) is 48.5 Å². The van der Waals surface area contributed by atoms with E-state index in [9.17, 15) is 13.2 Å². The van der Waals surface area contributed by atoms with Gasteiger partial charge >= 0.3 is 0 Å². The van der Waals surface area contributed by atoms with Gasteiger partial charge in [0.05, 0.1) is 11.9 Å². The fourth-order valence-corrected chi connectivity index (χ4v) is 4.84. The number of sulfonamides is 1. The fraction of sp³-hybridized carbons (Fsp3) is 0.381. The van der Waals surface area contributed by atoms with E-state index in [4.69, 9.17) is 11.6 Å². The second kappa shape index (κ2) is 9.24. The van der Waals surface area contributed by atoms with Gasteiger partial charge in [-0.25, -0.2) is 8.42 Å². The van der Waals surface area contributed by atoms with Crippen molar-refractivity contribution in [1.82, 2.24) is 4.90 Å². The molecular formula is C21H27ClN4O3S. The molecule has 30 heavy (non-hydrogen) atoms. The Morgan fingerprint density at radius 1 is 1.10 bits per heavy atom. The van der Waals surface area contributed by atoms with Crippen molar-refractivity contribution in [3.8, 4) is 0 Å². The number of likely N-dealkylation sites (N-methyl/N-ethyl adjacent to an activating group) is 1. The van der Waals surface area contributed by atoms with Crippen LogP contribution >= 0.6 is 11.6 Å². The highest BCUT2D eigenvalue weighted by Gasteiger charge is 2.29. The van der Waals surface area contributed by atoms with Gasteiger partial charge in [-0.05, 0) is 56.4 Å². The van der Waals surface area contributed by atoms with Crippen LogP contribution in [0.3, 0.4) is 0 Å². The van der Waals surface area contributed by atoms with E-state index >= 15 is 0 Å². The Balaban J connectivity index is 1.72. The topological polar surface area (TPSA) is 73.0 Å². The van der Waals surface area contributed by atoms with Crippen LogP contribution < -0.4 is 14.5 Å². The van der Waals surface area contributed by atoms with E-state index in [1.54, 1.807) is 25.1 Å². The minimum atomic E-state index is -3.69. The van der Waals surface area contributed by atoms with E-state index in [2.05, 4.69) is 22.2 Å². The molecule has 1 unspecified atom stereocenters. The van der Waals surface area contributed by atoms with Crippen molar-refractivity contribution in [2.24, 2.45) is 0 Å². The van der Waals surface area contributed by atoms with Crippen LogP contribution in [-0.2, 0) is 14.8 Å². The van der Waals surface area contributed by atoms with Gasteiger partial charge in [-0.15, -0.1) is 0 Å². The molecule has 0 radical (unpaired) electrons. The quantitative estimate of drug-likeness (QED) is 0.732. The van der Waals surface area contributed by atoms with E-state index in [0.717, 1.165) is 42.4 Å². The lowest BCUT2D eigenvalue weighted by atomic mass is 10.2. The molecule has 162 valence electrons. The number of hydrogen-bond acceptors (Lipinski definition) is 5. The summed E-state index contributed by atoms with van der Waals surface area (Å²) >= 11 is 6.01. The Hall–Kier alpha value is -2.29. The van der Waals surface area contributed by atoms with E-state index in [-0.39, 0.29) is 0 Å². The number of rotatable bonds is 6. The molecule has 0 aliphatic carbocycles. The van der Waals surface area contributed by atoms with Crippen LogP contribution in [0.2, 0.25) is 5.02 Å². The van der Waals surface area contributed by atoms with Crippen LogP contribution in [0.5, 0.6) is 0 Å². The van der Waals surface area contributed by atoms with Gasteiger partial charge in [0.1, 0.15) is 6.04 Å². The zero-order valence-corrected chi connectivity index (χ0v) is 18.9. The highest BCUT2D eigenvalue weighted by molar-refractivity contribution is 7.92. The van der Waals surface area contributed by atoms with E-state index in [1.807, 2.05) is 24.3 Å². The van der Waals surface area contributed by atoms with Gasteiger partial charge in [-0.2, -0.15) is 0 Å². The number of amides is 1. The summed E-state index contributed by atoms with van der Waals surface area (Å²) in [5.41, 5.74) is 2.06. The minimum Gasteiger partial charge on any atom is -0.369 e. The monoisotopic (exact) mass is 450 g/mol. The third-order valence-electron chi connectivity index (χ3n) is 5.15. The number of anilines is 3. The van der Waals surface area contributed by atoms with Crippen molar-refractivity contribution in [2.75, 3.05) is 54.0 Å². The lowest BCUT2D eigenvalue weighted by molar-refractivity contribution is -0.116. The first kappa shape index (κ1) is 22.4. The average molecular weight is 451 g/mol. The molecule has 0 spiro atoms. The van der Waals surface area contributed by atoms with Crippen LogP contribution in [0, 0.1) is 0 Å². The minimum absolute atomic E-state index is 0.345. The number of hydrogen-bond donors (Lipinski definition) is 1. The zero-order chi connectivity index (χ0) is 21.9. The molecule has 0 bridgehead atoms. The molecule has 1 N–H and O–H groups in total. The number of carbonyl (C=O) groups is 1. The van der Waals surface area contributed by atoms with Gasteiger partial charge in [0.15, 0.2) is 0 Å². The first-order chi connectivity index (χ1) is 14.1. The van der Waals surface area contributed by atoms with Crippen molar-refractivity contribution in [3.63, 3.8) is 0 Å². The van der Waals surface area contributed by atoms with Gasteiger partial charge in [-0.1, -0.05) is 17.7 Å². The molecule has 1 aliphatic heterocycles. The zero-order valence-electron chi connectivity index (χ0n) is 17.4. The van der Waals surface area contributed by atoms with Crippen LogP contribution in [0.4, 0.5) is 17.1 Å². The predicted octanol–water partition coefficient (Wildman–Crippen LogP) is 2.89. The van der Waals surface area contributed by atoms with Crippen molar-refractivity contribution in [2.45, 2.75) is 13.0 Å². The molecule has 1 aliphatic rings. The van der Waals surface area contributed by atoms with Crippen molar-refractivity contribution < 1.29 is 13.2 Å². The smallest absolute Gasteiger partial charge is 0.247 e. The molecule has 0 saturated carbocycles. The van der Waals surface area contributed by atoms with E-state index < -0.39 is 22.0 Å². The van der Waals surface area contributed by atoms with Gasteiger partial charge < -0.3 is 15.1 Å². The lowest BCUT2D eigenvalue weighted by Gasteiger charge is -2.34. The number of nitrogens with zero attached hydrogens (tertiary/aromatic N) is 3. The van der Waals surface area contributed by atoms with E-state index in [1.165, 1.54) is 6.07 Å².